The molecule has 0 radical (unpaired) electrons. The number of benzene rings is 3. The van der Waals surface area contributed by atoms with Gasteiger partial charge in [0.1, 0.15) is 11.3 Å². The highest BCUT2D eigenvalue weighted by molar-refractivity contribution is 6.09. The quantitative estimate of drug-likeness (QED) is 0.102. The van der Waals surface area contributed by atoms with Gasteiger partial charge in [-0.15, -0.1) is 4.73 Å². The molecule has 2 aliphatic rings. The van der Waals surface area contributed by atoms with E-state index in [2.05, 4.69) is 10.3 Å². The molecule has 5 rings (SSSR count). The Morgan fingerprint density at radius 2 is 1.74 bits per heavy atom. The van der Waals surface area contributed by atoms with Gasteiger partial charge < -0.3 is 29.7 Å². The molecule has 47 heavy (non-hydrogen) atoms. The van der Waals surface area contributed by atoms with Gasteiger partial charge >= 0.3 is 5.97 Å². The van der Waals surface area contributed by atoms with Crippen LogP contribution in [-0.4, -0.2) is 58.4 Å². The first-order chi connectivity index (χ1) is 24.3. The zero-order valence-electron chi connectivity index (χ0n) is 31.3. The maximum Gasteiger partial charge on any atom is 0.333 e. The van der Waals surface area contributed by atoms with Crippen LogP contribution in [0, 0.1) is 13.8 Å². The molecule has 1 aromatic heterocycles. The van der Waals surface area contributed by atoms with Gasteiger partial charge in [0.15, 0.2) is 0 Å². The van der Waals surface area contributed by atoms with Crippen LogP contribution in [0.25, 0.3) is 33.4 Å². The molecule has 0 saturated heterocycles. The molecule has 0 fully saturated rings. The summed E-state index contributed by atoms with van der Waals surface area (Å²) in [7, 11) is 1.57. The summed E-state index contributed by atoms with van der Waals surface area (Å²) in [4.78, 5) is 37.5. The number of amides is 1. The molecule has 10 heteroatoms. The van der Waals surface area contributed by atoms with Gasteiger partial charge in [0.2, 0.25) is 11.8 Å². The average molecular weight is 643 g/mol. The minimum Gasteiger partial charge on any atom is -0.492 e. The molecule has 0 saturated carbocycles. The van der Waals surface area contributed by atoms with Gasteiger partial charge in [-0.1, -0.05) is 24.5 Å². The van der Waals surface area contributed by atoms with E-state index in [0.29, 0.717) is 64.9 Å². The van der Waals surface area contributed by atoms with Crippen LogP contribution in [0.1, 0.15) is 66.5 Å². The molecule has 3 aromatic rings. The zero-order valence-corrected chi connectivity index (χ0v) is 27.3. The molecule has 1 aliphatic carbocycles. The fourth-order valence-electron chi connectivity index (χ4n) is 5.57. The van der Waals surface area contributed by atoms with Crippen LogP contribution in [0.2, 0.25) is 0 Å². The summed E-state index contributed by atoms with van der Waals surface area (Å²) in [5, 5.41) is 24.0. The van der Waals surface area contributed by atoms with Gasteiger partial charge in [0.05, 0.1) is 10.8 Å². The Balaban J connectivity index is 1.54. The van der Waals surface area contributed by atoms with Crippen molar-refractivity contribution in [1.82, 2.24) is 9.63 Å². The summed E-state index contributed by atoms with van der Waals surface area (Å²) >= 11 is 0. The van der Waals surface area contributed by atoms with E-state index in [-0.39, 0.29) is 30.1 Å². The average Bonchev–Trinajstić information content (AvgIpc) is 3.41. The fourth-order valence-corrected chi connectivity index (χ4v) is 5.57. The molecular weight excluding hydrogens is 596 g/mol. The van der Waals surface area contributed by atoms with Gasteiger partial charge in [-0.05, 0) is 75.4 Å². The van der Waals surface area contributed by atoms with Crippen LogP contribution in [0.3, 0.4) is 0 Å². The number of carbonyl (C=O) groups is 2. The molecular formula is C37H42N4O6. The third-order valence-corrected chi connectivity index (χ3v) is 7.94. The Bertz CT molecular complexity index is 2160. The number of nitrogens with zero attached hydrogens (tertiary/aromatic N) is 3. The molecule has 10 nitrogen and oxygen atoms in total. The van der Waals surface area contributed by atoms with Gasteiger partial charge in [-0.3, -0.25) is 9.79 Å². The lowest BCUT2D eigenvalue weighted by molar-refractivity contribution is -0.145. The smallest absolute Gasteiger partial charge is 0.333 e. The van der Waals surface area contributed by atoms with Gasteiger partial charge in [0.25, 0.3) is 5.91 Å². The maximum absolute atomic E-state index is 14.3. The molecule has 1 amide bonds. The summed E-state index contributed by atoms with van der Waals surface area (Å²) in [5.41, 5.74) is 4.05. The molecule has 2 aromatic carbocycles. The van der Waals surface area contributed by atoms with Crippen molar-refractivity contribution < 1.29 is 34.5 Å². The second kappa shape index (κ2) is 14.5. The molecule has 0 spiro atoms. The van der Waals surface area contributed by atoms with E-state index >= 15 is 0 Å². The first kappa shape index (κ1) is 28.0. The molecule has 246 valence electrons. The van der Waals surface area contributed by atoms with Crippen molar-refractivity contribution >= 4 is 28.5 Å². The highest BCUT2D eigenvalue weighted by Crippen LogP contribution is 2.43. The highest BCUT2D eigenvalue weighted by atomic mass is 16.7. The van der Waals surface area contributed by atoms with E-state index < -0.39 is 41.8 Å². The first-order valence-corrected chi connectivity index (χ1v) is 15.7. The molecule has 0 atom stereocenters. The van der Waals surface area contributed by atoms with Crippen molar-refractivity contribution in [2.75, 3.05) is 32.0 Å². The number of carbonyl (C=O) groups excluding carboxylic acids is 2. The number of rotatable bonds is 12. The second-order valence-electron chi connectivity index (χ2n) is 11.4. The molecule has 0 bridgehead atoms. The lowest BCUT2D eigenvalue weighted by Crippen LogP contribution is -2.28. The third kappa shape index (κ3) is 7.11. The molecule has 1 aliphatic heterocycles. The van der Waals surface area contributed by atoms with E-state index in [1.165, 1.54) is 17.0 Å². The Hall–Kier alpha value is -5.25. The summed E-state index contributed by atoms with van der Waals surface area (Å²) in [6.45, 7) is 9.25. The lowest BCUT2D eigenvalue weighted by Gasteiger charge is -2.22. The van der Waals surface area contributed by atoms with Crippen LogP contribution in [0.4, 0.5) is 5.69 Å². The summed E-state index contributed by atoms with van der Waals surface area (Å²) in [6, 6.07) is 8.11. The fraction of sp³-hybridized carbons (Fsp3) is 0.324. The largest absolute Gasteiger partial charge is 0.492 e. The van der Waals surface area contributed by atoms with E-state index in [1.807, 2.05) is 52.0 Å². The number of aryl methyl sites for hydroxylation is 2. The number of hydrogen-bond acceptors (Lipinski definition) is 8. The number of unbranched alkanes of at least 4 members (excludes halogenated alkanes) is 2. The Morgan fingerprint density at radius 1 is 1.00 bits per heavy atom. The topological polar surface area (TPSA) is 130 Å². The molecule has 3 N–H and O–H groups in total. The van der Waals surface area contributed by atoms with Crippen molar-refractivity contribution in [2.45, 2.75) is 53.4 Å². The number of anilines is 1. The van der Waals surface area contributed by atoms with Crippen LogP contribution in [0.15, 0.2) is 70.0 Å². The standard InChI is InChI=1S/C37H42N4O6/c1-6-38-29-21-31-27(19-23(29)3)36(28-20-24(4)30(39-7-2)22-32(28)46-31)25-13-10-11-14-26(25)37(45)40(5)18-12-8-9-15-35(44)47-41-33(42)16-17-34(41)43/h10-11,13-14,16-17,19-22,38,42-43H,6-9,12,15,18H2,1-5H3/i10D,11D,13D,14D. The monoisotopic (exact) mass is 642 g/mol. The number of aromatic nitrogens is 1. The highest BCUT2D eigenvalue weighted by Gasteiger charge is 2.24. The molecule has 0 unspecified atom stereocenters. The number of fused-ring (bicyclic) bond motifs is 2. The lowest BCUT2D eigenvalue weighted by atomic mass is 9.89. The normalized spacial score (nSPS) is 12.9. The maximum atomic E-state index is 14.3. The summed E-state index contributed by atoms with van der Waals surface area (Å²) in [6.07, 6.45) is 1.43. The van der Waals surface area contributed by atoms with Crippen molar-refractivity contribution in [2.24, 2.45) is 4.99 Å². The van der Waals surface area contributed by atoms with Gasteiger partial charge in [-0.25, -0.2) is 4.79 Å². The minimum atomic E-state index is -0.654. The Morgan fingerprint density at radius 3 is 2.47 bits per heavy atom. The van der Waals surface area contributed by atoms with E-state index in [0.717, 1.165) is 22.2 Å². The van der Waals surface area contributed by atoms with E-state index in [9.17, 15) is 19.8 Å². The predicted octanol–water partition coefficient (Wildman–Crippen LogP) is 6.67. The number of nitrogens with one attached hydrogen (secondary N) is 1. The van der Waals surface area contributed by atoms with Crippen molar-refractivity contribution in [3.05, 3.63) is 82.6 Å². The minimum absolute atomic E-state index is 0.00584. The van der Waals surface area contributed by atoms with Crippen LogP contribution in [-0.2, 0) is 4.79 Å². The predicted molar refractivity (Wildman–Crippen MR) is 183 cm³/mol. The van der Waals surface area contributed by atoms with Crippen molar-refractivity contribution in [1.29, 1.82) is 0 Å². The third-order valence-electron chi connectivity index (χ3n) is 7.94. The first-order valence-electron chi connectivity index (χ1n) is 17.7. The van der Waals surface area contributed by atoms with E-state index in [4.69, 9.17) is 14.7 Å². The van der Waals surface area contributed by atoms with Gasteiger partial charge in [0, 0.05) is 85.1 Å². The van der Waals surface area contributed by atoms with Crippen LogP contribution in [0.5, 0.6) is 11.8 Å². The zero-order chi connectivity index (χ0) is 37.1. The summed E-state index contributed by atoms with van der Waals surface area (Å²) < 4.78 is 42.3. The molecule has 2 heterocycles. The van der Waals surface area contributed by atoms with Crippen LogP contribution >= 0.6 is 0 Å². The summed E-state index contributed by atoms with van der Waals surface area (Å²) in [5.74, 6) is -1.59. The number of hydrogen-bond donors (Lipinski definition) is 3. The van der Waals surface area contributed by atoms with Gasteiger partial charge in [-0.2, -0.15) is 0 Å². The van der Waals surface area contributed by atoms with Crippen LogP contribution < -0.4 is 15.5 Å². The van der Waals surface area contributed by atoms with Crippen molar-refractivity contribution in [3.63, 3.8) is 0 Å². The van der Waals surface area contributed by atoms with E-state index in [1.54, 1.807) is 7.05 Å². The Labute approximate surface area is 279 Å². The number of aromatic hydroxyl groups is 2. The van der Waals surface area contributed by atoms with Crippen molar-refractivity contribution in [3.8, 4) is 34.2 Å². The Kier molecular flexibility index (Phi) is 8.61. The SMILES string of the molecule is [2H]c1c([2H])c([2H])c(-c2c3cc(C)c(=NCC)cc-3oc3cc(NCC)c(C)cc23)c(C(=O)N(C)CCCCCC(=O)On2c(O)ccc2O)c1[2H]. The second-order valence-corrected chi connectivity index (χ2v) is 11.4.